The van der Waals surface area contributed by atoms with Crippen LogP contribution in [0.15, 0.2) is 24.3 Å². The van der Waals surface area contributed by atoms with Crippen LogP contribution in [0.1, 0.15) is 32.8 Å². The van der Waals surface area contributed by atoms with Gasteiger partial charge in [-0.2, -0.15) is 0 Å². The van der Waals surface area contributed by atoms with E-state index in [2.05, 4.69) is 11.2 Å². The van der Waals surface area contributed by atoms with Crippen molar-refractivity contribution >= 4 is 12.1 Å². The van der Waals surface area contributed by atoms with E-state index in [0.29, 0.717) is 6.54 Å². The van der Waals surface area contributed by atoms with Crippen molar-refractivity contribution in [3.8, 4) is 18.1 Å². The van der Waals surface area contributed by atoms with E-state index in [4.69, 9.17) is 20.6 Å². The molecule has 0 radical (unpaired) electrons. The number of esters is 1. The maximum Gasteiger partial charge on any atom is 0.411 e. The average molecular weight is 388 g/mol. The Hall–Kier alpha value is -2.72. The minimum Gasteiger partial charge on any atom is -0.497 e. The number of amides is 1. The number of nitrogens with zero attached hydrogens (tertiary/aromatic N) is 1. The maximum atomic E-state index is 12.6. The second kappa shape index (κ2) is 8.53. The number of methoxy groups -OCH3 is 2. The molecular formula is C21H28N2O5. The summed E-state index contributed by atoms with van der Waals surface area (Å²) in [6, 6.07) is 6.76. The fraction of sp³-hybridized carbons (Fsp3) is 0.524. The van der Waals surface area contributed by atoms with Crippen molar-refractivity contribution in [2.75, 3.05) is 20.8 Å². The lowest BCUT2D eigenvalue weighted by molar-refractivity contribution is -0.145. The molecule has 1 saturated heterocycles. The molecule has 0 aliphatic carbocycles. The summed E-state index contributed by atoms with van der Waals surface area (Å²) in [4.78, 5) is 26.2. The molecule has 1 aromatic rings. The number of ether oxygens (including phenoxy) is 3. The average Bonchev–Trinajstić information content (AvgIpc) is 3.05. The fourth-order valence-electron chi connectivity index (χ4n) is 3.06. The molecule has 1 heterocycles. The number of carbonyl (C=O) groups excluding carboxylic acids is 2. The van der Waals surface area contributed by atoms with Gasteiger partial charge in [0.25, 0.3) is 0 Å². The van der Waals surface area contributed by atoms with Crippen LogP contribution < -0.4 is 10.1 Å². The Morgan fingerprint density at radius 3 is 2.43 bits per heavy atom. The molecule has 7 nitrogen and oxygen atoms in total. The number of carbonyl (C=O) groups is 2. The first-order valence-electron chi connectivity index (χ1n) is 9.06. The minimum absolute atomic E-state index is 0.147. The zero-order valence-corrected chi connectivity index (χ0v) is 17.1. The van der Waals surface area contributed by atoms with Gasteiger partial charge in [-0.3, -0.25) is 10.2 Å². The number of hydrogen-bond acceptors (Lipinski definition) is 6. The molecular weight excluding hydrogens is 360 g/mol. The van der Waals surface area contributed by atoms with E-state index in [1.165, 1.54) is 12.0 Å². The lowest BCUT2D eigenvalue weighted by atomic mass is 9.96. The first-order valence-corrected chi connectivity index (χ1v) is 9.06. The lowest BCUT2D eigenvalue weighted by Gasteiger charge is -2.28. The van der Waals surface area contributed by atoms with Crippen molar-refractivity contribution in [3.05, 3.63) is 29.8 Å². The van der Waals surface area contributed by atoms with Crippen molar-refractivity contribution < 1.29 is 23.8 Å². The van der Waals surface area contributed by atoms with Gasteiger partial charge in [0, 0.05) is 13.0 Å². The van der Waals surface area contributed by atoms with E-state index >= 15 is 0 Å². The van der Waals surface area contributed by atoms with Gasteiger partial charge in [-0.1, -0.05) is 18.1 Å². The predicted octanol–water partition coefficient (Wildman–Crippen LogP) is 2.34. The van der Waals surface area contributed by atoms with E-state index in [1.807, 2.05) is 24.3 Å². The van der Waals surface area contributed by atoms with Crippen LogP contribution in [0.5, 0.6) is 5.75 Å². The number of hydrogen-bond donors (Lipinski definition) is 1. The molecule has 0 spiro atoms. The van der Waals surface area contributed by atoms with Crippen molar-refractivity contribution in [1.82, 2.24) is 10.2 Å². The third kappa shape index (κ3) is 5.17. The van der Waals surface area contributed by atoms with Crippen molar-refractivity contribution in [3.63, 3.8) is 0 Å². The third-order valence-corrected chi connectivity index (χ3v) is 4.53. The molecule has 2 rings (SSSR count). The first kappa shape index (κ1) is 21.6. The highest BCUT2D eigenvalue weighted by Gasteiger charge is 2.49. The maximum absolute atomic E-state index is 12.6. The molecule has 152 valence electrons. The molecule has 1 aliphatic rings. The van der Waals surface area contributed by atoms with Gasteiger partial charge in [-0.15, -0.1) is 6.42 Å². The molecule has 2 atom stereocenters. The fourth-order valence-corrected chi connectivity index (χ4v) is 3.06. The van der Waals surface area contributed by atoms with Gasteiger partial charge in [0.05, 0.1) is 20.8 Å². The summed E-state index contributed by atoms with van der Waals surface area (Å²) < 4.78 is 15.5. The molecule has 1 unspecified atom stereocenters. The number of nitrogens with one attached hydrogen (secondary N) is 1. The largest absolute Gasteiger partial charge is 0.497 e. The van der Waals surface area contributed by atoms with E-state index in [-0.39, 0.29) is 13.0 Å². The molecule has 0 bridgehead atoms. The third-order valence-electron chi connectivity index (χ3n) is 4.53. The standard InChI is InChI=1S/C21H28N2O5/c1-7-21(22-13-15-8-10-16(26-5)11-9-15)12-17(18(24)27-6)23(14-21)19(25)28-20(2,3)4/h1,8-11,17,22H,12-14H2,2-6H3/t17-,21?/m1/s1. The molecule has 7 heteroatoms. The van der Waals surface area contributed by atoms with Crippen LogP contribution in [0.4, 0.5) is 4.79 Å². The smallest absolute Gasteiger partial charge is 0.411 e. The van der Waals surface area contributed by atoms with Gasteiger partial charge in [-0.05, 0) is 38.5 Å². The Bertz CT molecular complexity index is 748. The predicted molar refractivity (Wildman–Crippen MR) is 105 cm³/mol. The Morgan fingerprint density at radius 1 is 1.29 bits per heavy atom. The molecule has 28 heavy (non-hydrogen) atoms. The normalized spacial score (nSPS) is 21.7. The molecule has 1 N–H and O–H groups in total. The topological polar surface area (TPSA) is 77.1 Å². The summed E-state index contributed by atoms with van der Waals surface area (Å²) in [7, 11) is 2.90. The zero-order valence-electron chi connectivity index (χ0n) is 17.1. The molecule has 0 aromatic heterocycles. The Morgan fingerprint density at radius 2 is 1.93 bits per heavy atom. The summed E-state index contributed by atoms with van der Waals surface area (Å²) in [6.45, 7) is 5.93. The molecule has 1 aromatic carbocycles. The summed E-state index contributed by atoms with van der Waals surface area (Å²) in [5, 5.41) is 3.32. The number of rotatable bonds is 5. The van der Waals surface area contributed by atoms with Gasteiger partial charge in [0.1, 0.15) is 22.9 Å². The quantitative estimate of drug-likeness (QED) is 0.616. The zero-order chi connectivity index (χ0) is 20.9. The second-order valence-electron chi connectivity index (χ2n) is 7.78. The Labute approximate surface area is 166 Å². The highest BCUT2D eigenvalue weighted by Crippen LogP contribution is 2.30. The van der Waals surface area contributed by atoms with Crippen LogP contribution in [0, 0.1) is 12.3 Å². The number of terminal acetylenes is 1. The van der Waals surface area contributed by atoms with E-state index in [1.54, 1.807) is 27.9 Å². The van der Waals surface area contributed by atoms with E-state index < -0.39 is 29.2 Å². The van der Waals surface area contributed by atoms with Gasteiger partial charge >= 0.3 is 12.1 Å². The molecule has 1 fully saturated rings. The summed E-state index contributed by atoms with van der Waals surface area (Å²) in [6.07, 6.45) is 5.46. The summed E-state index contributed by atoms with van der Waals surface area (Å²) in [5.41, 5.74) is -0.550. The van der Waals surface area contributed by atoms with Crippen LogP contribution in [0.2, 0.25) is 0 Å². The van der Waals surface area contributed by atoms with Crippen LogP contribution in [0.3, 0.4) is 0 Å². The van der Waals surface area contributed by atoms with Crippen molar-refractivity contribution in [1.29, 1.82) is 0 Å². The van der Waals surface area contributed by atoms with Crippen LogP contribution in [-0.2, 0) is 20.8 Å². The van der Waals surface area contributed by atoms with Gasteiger partial charge in [-0.25, -0.2) is 9.59 Å². The summed E-state index contributed by atoms with van der Waals surface area (Å²) >= 11 is 0. The number of benzene rings is 1. The lowest BCUT2D eigenvalue weighted by Crippen LogP contribution is -2.47. The molecule has 1 aliphatic heterocycles. The molecule has 0 saturated carbocycles. The van der Waals surface area contributed by atoms with E-state index in [0.717, 1.165) is 11.3 Å². The Kier molecular flexibility index (Phi) is 6.57. The minimum atomic E-state index is -0.865. The van der Waals surface area contributed by atoms with Gasteiger partial charge < -0.3 is 14.2 Å². The highest BCUT2D eigenvalue weighted by molar-refractivity contribution is 5.83. The second-order valence-corrected chi connectivity index (χ2v) is 7.78. The highest BCUT2D eigenvalue weighted by atomic mass is 16.6. The summed E-state index contributed by atoms with van der Waals surface area (Å²) in [5.74, 6) is 2.98. The van der Waals surface area contributed by atoms with Crippen LogP contribution in [0.25, 0.3) is 0 Å². The van der Waals surface area contributed by atoms with Crippen LogP contribution >= 0.6 is 0 Å². The van der Waals surface area contributed by atoms with Gasteiger partial charge in [0.2, 0.25) is 0 Å². The van der Waals surface area contributed by atoms with Crippen molar-refractivity contribution in [2.24, 2.45) is 0 Å². The SMILES string of the molecule is C#CC1(NCc2ccc(OC)cc2)C[C@H](C(=O)OC)N(C(=O)OC(C)(C)C)C1. The van der Waals surface area contributed by atoms with Crippen molar-refractivity contribution in [2.45, 2.75) is 50.9 Å². The van der Waals surface area contributed by atoms with Crippen LogP contribution in [-0.4, -0.2) is 54.9 Å². The Balaban J connectivity index is 2.17. The number of likely N-dealkylation sites (tertiary alicyclic amines) is 1. The van der Waals surface area contributed by atoms with E-state index in [9.17, 15) is 9.59 Å². The first-order chi connectivity index (χ1) is 13.1. The van der Waals surface area contributed by atoms with Gasteiger partial charge in [0.15, 0.2) is 0 Å². The monoisotopic (exact) mass is 388 g/mol. The molecule has 1 amide bonds.